The molecule has 0 saturated heterocycles. The quantitative estimate of drug-likeness (QED) is 0.747. The summed E-state index contributed by atoms with van der Waals surface area (Å²) in [6.45, 7) is 0. The Morgan fingerprint density at radius 1 is 1.08 bits per heavy atom. The third-order valence-corrected chi connectivity index (χ3v) is 3.19. The molecule has 10 heteroatoms. The van der Waals surface area contributed by atoms with Crippen LogP contribution >= 0.6 is 0 Å². The summed E-state index contributed by atoms with van der Waals surface area (Å²) >= 11 is 0. The minimum atomic E-state index is -4.82. The Hall–Kier alpha value is -3.43. The molecule has 0 atom stereocenters. The largest absolute Gasteiger partial charge is 0.573 e. The van der Waals surface area contributed by atoms with Crippen LogP contribution in [0.4, 0.5) is 13.2 Å². The number of hydrogen-bond donors (Lipinski definition) is 2. The average Bonchev–Trinajstić information content (AvgIpc) is 2.53. The Bertz CT molecular complexity index is 959. The molecule has 2 heterocycles. The first-order valence-corrected chi connectivity index (χ1v) is 6.69. The topological polar surface area (TPSA) is 105 Å². The molecule has 0 fully saturated rings. The van der Waals surface area contributed by atoms with Gasteiger partial charge in [0.1, 0.15) is 17.6 Å². The van der Waals surface area contributed by atoms with E-state index in [1.165, 1.54) is 18.2 Å². The van der Waals surface area contributed by atoms with Crippen LogP contribution in [0.25, 0.3) is 22.3 Å². The summed E-state index contributed by atoms with van der Waals surface area (Å²) < 4.78 is 40.3. The van der Waals surface area contributed by atoms with Crippen molar-refractivity contribution in [3.63, 3.8) is 0 Å². The molecule has 0 bridgehead atoms. The smallest absolute Gasteiger partial charge is 0.492 e. The Morgan fingerprint density at radius 3 is 2.36 bits per heavy atom. The molecule has 0 aliphatic rings. The molecule has 3 aromatic rings. The van der Waals surface area contributed by atoms with Gasteiger partial charge in [-0.05, 0) is 30.3 Å². The van der Waals surface area contributed by atoms with Crippen LogP contribution < -0.4 is 4.74 Å². The molecule has 128 valence electrons. The highest BCUT2D eigenvalue weighted by atomic mass is 19.4. The summed E-state index contributed by atoms with van der Waals surface area (Å²) in [4.78, 5) is 22.8. The van der Waals surface area contributed by atoms with E-state index in [0.717, 1.165) is 18.5 Å². The predicted molar refractivity (Wildman–Crippen MR) is 78.1 cm³/mol. The molecule has 1 aromatic carbocycles. The number of aromatic hydroxyl groups is 1. The highest BCUT2D eigenvalue weighted by Gasteiger charge is 2.31. The number of hydrogen-bond acceptors (Lipinski definition) is 6. The lowest BCUT2D eigenvalue weighted by Crippen LogP contribution is -2.16. The number of benzene rings is 1. The summed E-state index contributed by atoms with van der Waals surface area (Å²) in [5, 5.41) is 19.1. The van der Waals surface area contributed by atoms with E-state index < -0.39 is 24.0 Å². The van der Waals surface area contributed by atoms with Gasteiger partial charge in [-0.3, -0.25) is 0 Å². The molecule has 7 nitrogen and oxygen atoms in total. The second kappa shape index (κ2) is 5.89. The van der Waals surface area contributed by atoms with Gasteiger partial charge in [-0.1, -0.05) is 0 Å². The number of nitrogens with zero attached hydrogens (tertiary/aromatic N) is 3. The molecule has 3 rings (SSSR count). The summed E-state index contributed by atoms with van der Waals surface area (Å²) in [5.41, 5.74) is 0.0258. The third kappa shape index (κ3) is 3.42. The van der Waals surface area contributed by atoms with Gasteiger partial charge in [-0.25, -0.2) is 19.7 Å². The highest BCUT2D eigenvalue weighted by Crippen LogP contribution is 2.29. The maximum Gasteiger partial charge on any atom is 0.573 e. The molecule has 0 aliphatic heterocycles. The van der Waals surface area contributed by atoms with Crippen LogP contribution in [0.2, 0.25) is 0 Å². The monoisotopic (exact) mass is 351 g/mol. The van der Waals surface area contributed by atoms with Crippen molar-refractivity contribution in [2.24, 2.45) is 0 Å². The number of pyridine rings is 1. The van der Waals surface area contributed by atoms with Gasteiger partial charge in [-0.15, -0.1) is 13.2 Å². The fraction of sp³-hybridized carbons (Fsp3) is 0.0667. The first-order valence-electron chi connectivity index (χ1n) is 6.69. The molecule has 25 heavy (non-hydrogen) atoms. The van der Waals surface area contributed by atoms with Gasteiger partial charge < -0.3 is 14.9 Å². The zero-order valence-corrected chi connectivity index (χ0v) is 12.2. The lowest BCUT2D eigenvalue weighted by atomic mass is 10.1. The molecule has 0 unspecified atom stereocenters. The fourth-order valence-electron chi connectivity index (χ4n) is 2.17. The van der Waals surface area contributed by atoms with Crippen molar-refractivity contribution in [2.75, 3.05) is 0 Å². The summed E-state index contributed by atoms with van der Waals surface area (Å²) in [7, 11) is 0. The van der Waals surface area contributed by atoms with Crippen LogP contribution in [0.1, 0.15) is 10.4 Å². The molecular weight excluding hydrogens is 343 g/mol. The Balaban J connectivity index is 2.09. The van der Waals surface area contributed by atoms with Crippen LogP contribution in [-0.2, 0) is 0 Å². The van der Waals surface area contributed by atoms with E-state index in [2.05, 4.69) is 19.7 Å². The number of halogens is 3. The number of carboxylic acids is 1. The van der Waals surface area contributed by atoms with Gasteiger partial charge in [0.2, 0.25) is 5.88 Å². The second-order valence-corrected chi connectivity index (χ2v) is 4.83. The number of carbonyl (C=O) groups is 1. The molecule has 0 spiro atoms. The van der Waals surface area contributed by atoms with Gasteiger partial charge in [0.25, 0.3) is 0 Å². The minimum absolute atomic E-state index is 0.0548. The zero-order chi connectivity index (χ0) is 18.2. The molecule has 2 aromatic heterocycles. The first-order chi connectivity index (χ1) is 11.7. The van der Waals surface area contributed by atoms with Crippen molar-refractivity contribution >= 4 is 17.0 Å². The molecule has 2 N–H and O–H groups in total. The van der Waals surface area contributed by atoms with Crippen molar-refractivity contribution in [2.45, 2.75) is 6.36 Å². The number of carboxylic acid groups (broad SMARTS) is 1. The van der Waals surface area contributed by atoms with Gasteiger partial charge in [-0.2, -0.15) is 0 Å². The van der Waals surface area contributed by atoms with Gasteiger partial charge in [0, 0.05) is 5.56 Å². The van der Waals surface area contributed by atoms with E-state index >= 15 is 0 Å². The van der Waals surface area contributed by atoms with Gasteiger partial charge >= 0.3 is 12.3 Å². The summed E-state index contributed by atoms with van der Waals surface area (Å²) in [6.07, 6.45) is -3.82. The molecule has 0 radical (unpaired) electrons. The van der Waals surface area contributed by atoms with Crippen LogP contribution in [0.3, 0.4) is 0 Å². The number of rotatable bonds is 3. The van der Waals surface area contributed by atoms with Gasteiger partial charge in [0.05, 0.1) is 11.3 Å². The second-order valence-electron chi connectivity index (χ2n) is 4.83. The maximum atomic E-state index is 12.2. The van der Waals surface area contributed by atoms with Crippen molar-refractivity contribution in [3.8, 4) is 22.9 Å². The van der Waals surface area contributed by atoms with Crippen LogP contribution in [-0.4, -0.2) is 37.5 Å². The molecule has 0 amide bonds. The fourth-order valence-corrected chi connectivity index (χ4v) is 2.17. The Morgan fingerprint density at radius 2 is 1.76 bits per heavy atom. The lowest BCUT2D eigenvalue weighted by Gasteiger charge is -2.10. The van der Waals surface area contributed by atoms with E-state index in [9.17, 15) is 28.2 Å². The van der Waals surface area contributed by atoms with Crippen LogP contribution in [0, 0.1) is 0 Å². The number of ether oxygens (including phenoxy) is 1. The van der Waals surface area contributed by atoms with E-state index in [-0.39, 0.29) is 22.3 Å². The SMILES string of the molecule is O=C(O)c1cc(-c2ccc(OC(F)(F)F)cc2)nc2c(O)ncnc12. The summed E-state index contributed by atoms with van der Waals surface area (Å²) in [6, 6.07) is 5.90. The number of alkyl halides is 3. The minimum Gasteiger partial charge on any atom is -0.492 e. The molecule has 0 aliphatic carbocycles. The maximum absolute atomic E-state index is 12.2. The zero-order valence-electron chi connectivity index (χ0n) is 12.2. The van der Waals surface area contributed by atoms with E-state index in [4.69, 9.17) is 0 Å². The first kappa shape index (κ1) is 16.4. The molecule has 0 saturated carbocycles. The van der Waals surface area contributed by atoms with Crippen molar-refractivity contribution in [1.82, 2.24) is 15.0 Å². The van der Waals surface area contributed by atoms with Crippen molar-refractivity contribution in [1.29, 1.82) is 0 Å². The summed E-state index contributed by atoms with van der Waals surface area (Å²) in [5.74, 6) is -2.24. The van der Waals surface area contributed by atoms with E-state index in [1.54, 1.807) is 0 Å². The van der Waals surface area contributed by atoms with Gasteiger partial charge in [0.15, 0.2) is 5.52 Å². The third-order valence-electron chi connectivity index (χ3n) is 3.19. The average molecular weight is 351 g/mol. The lowest BCUT2D eigenvalue weighted by molar-refractivity contribution is -0.274. The van der Waals surface area contributed by atoms with E-state index in [0.29, 0.717) is 5.56 Å². The Labute approximate surface area is 137 Å². The van der Waals surface area contributed by atoms with Crippen molar-refractivity contribution < 1.29 is 32.9 Å². The Kier molecular flexibility index (Phi) is 3.87. The standard InChI is InChI=1S/C15H8F3N3O4/c16-15(17,18)25-8-3-1-7(2-4-8)10-5-9(14(23)24)11-12(21-10)13(22)20-6-19-11/h1-6H,(H,23,24)(H,19,20,22). The highest BCUT2D eigenvalue weighted by molar-refractivity contribution is 6.02. The number of fused-ring (bicyclic) bond motifs is 1. The van der Waals surface area contributed by atoms with Crippen molar-refractivity contribution in [3.05, 3.63) is 42.2 Å². The number of aromatic carboxylic acids is 1. The normalized spacial score (nSPS) is 11.5. The number of aromatic nitrogens is 3. The van der Waals surface area contributed by atoms with E-state index in [1.807, 2.05) is 0 Å². The predicted octanol–water partition coefficient (Wildman–Crippen LogP) is 2.99. The van der Waals surface area contributed by atoms with Crippen LogP contribution in [0.15, 0.2) is 36.7 Å². The van der Waals surface area contributed by atoms with Crippen LogP contribution in [0.5, 0.6) is 11.6 Å². The molecular formula is C15H8F3N3O4.